The van der Waals surface area contributed by atoms with Crippen LogP contribution in [0.3, 0.4) is 0 Å². The van der Waals surface area contributed by atoms with Crippen molar-refractivity contribution in [3.8, 4) is 11.5 Å². The van der Waals surface area contributed by atoms with Gasteiger partial charge < -0.3 is 34.2 Å². The fraction of sp³-hybridized carbons (Fsp3) is 0.519. The van der Waals surface area contributed by atoms with Gasteiger partial charge >= 0.3 is 63.3 Å². The molecule has 2 N–H and O–H groups in total. The molecule has 2 saturated heterocycles. The number of hydrogen-bond donors (Lipinski definition) is 2. The van der Waals surface area contributed by atoms with Crippen LogP contribution in [-0.2, 0) is 56.7 Å². The second kappa shape index (κ2) is 24.1. The van der Waals surface area contributed by atoms with Gasteiger partial charge in [0.05, 0.1) is 18.4 Å². The van der Waals surface area contributed by atoms with Crippen LogP contribution in [0.5, 0.6) is 11.5 Å². The summed E-state index contributed by atoms with van der Waals surface area (Å²) in [5, 5.41) is 19.1. The third-order valence-corrected chi connectivity index (χ3v) is 11.9. The Morgan fingerprint density at radius 3 is 1.42 bits per heavy atom. The molecule has 2 aliphatic carbocycles. The molecule has 4 aromatic carbocycles. The summed E-state index contributed by atoms with van der Waals surface area (Å²) in [7, 11) is 0. The first kappa shape index (κ1) is 55.0. The molecule has 65 heavy (non-hydrogen) atoms. The molecule has 11 heteroatoms. The topological polar surface area (TPSA) is 109 Å². The number of alkyl halides is 1. The Morgan fingerprint density at radius 2 is 1.00 bits per heavy atom. The SMILES string of the molecule is BrCc1ccccc1.CC(C)(C)O.CC(C)(C)OC(=O)CCN1CC2(Cc3ccc(O)cc3C2)C1.CC(C)(C)OC(=O)CCN1CC2(Cc3ccc(OCc4ccccc4)cc3C2)C1.[K+]. The van der Waals surface area contributed by atoms with Crippen LogP contribution in [-0.4, -0.2) is 88.0 Å². The van der Waals surface area contributed by atoms with Gasteiger partial charge in [0.2, 0.25) is 0 Å². The third kappa shape index (κ3) is 19.1. The van der Waals surface area contributed by atoms with E-state index in [4.69, 9.17) is 19.3 Å². The molecule has 0 bridgehead atoms. The van der Waals surface area contributed by atoms with E-state index in [-0.39, 0.29) is 63.3 Å². The summed E-state index contributed by atoms with van der Waals surface area (Å²) in [6.07, 6.45) is 5.29. The number of phenolic OH excluding ortho intramolecular Hbond substituents is 1. The number of aliphatic hydroxyl groups is 1. The van der Waals surface area contributed by atoms with E-state index in [1.54, 1.807) is 26.8 Å². The van der Waals surface area contributed by atoms with Crippen LogP contribution < -0.4 is 56.1 Å². The monoisotopic (exact) mass is 979 g/mol. The molecule has 0 saturated carbocycles. The van der Waals surface area contributed by atoms with Gasteiger partial charge in [-0.3, -0.25) is 9.59 Å². The van der Waals surface area contributed by atoms with Crippen molar-refractivity contribution < 1.29 is 85.4 Å². The minimum Gasteiger partial charge on any atom is -0.508 e. The maximum absolute atomic E-state index is 11.9. The van der Waals surface area contributed by atoms with Crippen LogP contribution in [0.2, 0.25) is 0 Å². The van der Waals surface area contributed by atoms with Crippen molar-refractivity contribution in [1.82, 2.24) is 9.80 Å². The Labute approximate surface area is 440 Å². The number of phenols is 1. The van der Waals surface area contributed by atoms with Crippen LogP contribution in [0, 0.1) is 10.8 Å². The van der Waals surface area contributed by atoms with Gasteiger partial charge in [0.1, 0.15) is 29.3 Å². The summed E-state index contributed by atoms with van der Waals surface area (Å²) >= 11 is 3.36. The predicted molar refractivity (Wildman–Crippen MR) is 260 cm³/mol. The number of fused-ring (bicyclic) bond motifs is 2. The average molecular weight is 981 g/mol. The molecule has 0 amide bonds. The summed E-state index contributed by atoms with van der Waals surface area (Å²) in [5.41, 5.74) is 7.39. The third-order valence-electron chi connectivity index (χ3n) is 11.2. The van der Waals surface area contributed by atoms with Crippen molar-refractivity contribution >= 4 is 27.9 Å². The van der Waals surface area contributed by atoms with Gasteiger partial charge in [0, 0.05) is 55.4 Å². The fourth-order valence-corrected chi connectivity index (χ4v) is 9.25. The number of rotatable bonds is 10. The molecule has 2 heterocycles. The number of likely N-dealkylation sites (tertiary alicyclic amines) is 2. The van der Waals surface area contributed by atoms with Gasteiger partial charge in [-0.2, -0.15) is 0 Å². The van der Waals surface area contributed by atoms with Crippen LogP contribution in [0.25, 0.3) is 0 Å². The number of halogens is 1. The molecule has 2 spiro atoms. The van der Waals surface area contributed by atoms with Crippen molar-refractivity contribution in [1.29, 1.82) is 0 Å². The summed E-state index contributed by atoms with van der Waals surface area (Å²) in [5.74, 6) is 1.09. The molecule has 2 aliphatic heterocycles. The second-order valence-electron chi connectivity index (χ2n) is 21.2. The van der Waals surface area contributed by atoms with Crippen molar-refractivity contribution in [2.24, 2.45) is 10.8 Å². The average Bonchev–Trinajstić information content (AvgIpc) is 3.76. The van der Waals surface area contributed by atoms with E-state index in [1.165, 1.54) is 33.4 Å². The molecular formula is C54H73BrKN2O7+. The van der Waals surface area contributed by atoms with Crippen LogP contribution in [0.4, 0.5) is 0 Å². The van der Waals surface area contributed by atoms with Gasteiger partial charge in [-0.05, 0) is 146 Å². The standard InChI is InChI=1S/C25H31NO3.C18H25NO3.C7H7Br.C4H10O.K/c1-24(2,3)29-23(27)11-12-26-17-25(18-26)14-20-9-10-22(13-21(20)15-25)28-16-19-7-5-4-6-8-19;1-17(2,3)22-16(21)6-7-19-11-18(12-19)9-13-4-5-15(20)8-14(13)10-18;8-6-7-4-2-1-3-5-7;1-4(2,3)5;/h4-10,13H,11-12,14-18H2,1-3H3;4-5,8,20H,6-7,9-12H2,1-3H3;1-5H,6H2;5H,1-3H3;/q;;;;+1. The summed E-state index contributed by atoms with van der Waals surface area (Å²) in [6.45, 7) is 23.0. The Morgan fingerprint density at radius 1 is 0.600 bits per heavy atom. The van der Waals surface area contributed by atoms with Gasteiger partial charge in [-0.1, -0.05) is 88.7 Å². The first-order chi connectivity index (χ1) is 30.0. The van der Waals surface area contributed by atoms with E-state index in [1.807, 2.05) is 90.1 Å². The largest absolute Gasteiger partial charge is 1.00 e. The second-order valence-corrected chi connectivity index (χ2v) is 21.8. The summed E-state index contributed by atoms with van der Waals surface area (Å²) in [6, 6.07) is 32.8. The molecular weight excluding hydrogens is 908 g/mol. The first-order valence-corrected chi connectivity index (χ1v) is 23.9. The van der Waals surface area contributed by atoms with Crippen LogP contribution in [0.15, 0.2) is 97.1 Å². The van der Waals surface area contributed by atoms with Crippen molar-refractivity contribution in [3.63, 3.8) is 0 Å². The molecule has 4 aliphatic rings. The number of nitrogens with zero attached hydrogens (tertiary/aromatic N) is 2. The van der Waals surface area contributed by atoms with E-state index in [0.717, 1.165) is 76.0 Å². The quantitative estimate of drug-likeness (QED) is 0.0964. The Balaban J connectivity index is 0.000000225. The van der Waals surface area contributed by atoms with Gasteiger partial charge in [0.15, 0.2) is 0 Å². The first-order valence-electron chi connectivity index (χ1n) is 22.8. The van der Waals surface area contributed by atoms with Crippen molar-refractivity contribution in [2.75, 3.05) is 39.3 Å². The summed E-state index contributed by atoms with van der Waals surface area (Å²) < 4.78 is 16.8. The number of aromatic hydroxyl groups is 1. The molecule has 9 nitrogen and oxygen atoms in total. The van der Waals surface area contributed by atoms with Crippen molar-refractivity contribution in [3.05, 3.63) is 130 Å². The van der Waals surface area contributed by atoms with E-state index in [9.17, 15) is 14.7 Å². The Kier molecular flexibility index (Phi) is 20.4. The fourth-order valence-electron chi connectivity index (χ4n) is 8.88. The number of hydrogen-bond acceptors (Lipinski definition) is 9. The normalized spacial score (nSPS) is 16.6. The molecule has 2 fully saturated rings. The number of esters is 2. The minimum atomic E-state index is -0.500. The molecule has 4 aromatic rings. The summed E-state index contributed by atoms with van der Waals surface area (Å²) in [4.78, 5) is 28.4. The number of carbonyl (C=O) groups excluding carboxylic acids is 2. The molecule has 0 unspecified atom stereocenters. The molecule has 0 aromatic heterocycles. The molecule has 348 valence electrons. The van der Waals surface area contributed by atoms with Crippen LogP contribution in [0.1, 0.15) is 109 Å². The van der Waals surface area contributed by atoms with Crippen LogP contribution >= 0.6 is 15.9 Å². The van der Waals surface area contributed by atoms with Gasteiger partial charge in [-0.25, -0.2) is 0 Å². The van der Waals surface area contributed by atoms with E-state index < -0.39 is 16.8 Å². The maximum atomic E-state index is 11.9. The smallest absolute Gasteiger partial charge is 0.508 e. The molecule has 0 radical (unpaired) electrons. The zero-order valence-corrected chi connectivity index (χ0v) is 45.6. The number of ether oxygens (including phenoxy) is 3. The van der Waals surface area contributed by atoms with E-state index in [0.29, 0.717) is 36.0 Å². The Hall–Kier alpha value is -2.58. The molecule has 8 rings (SSSR count). The minimum absolute atomic E-state index is 0. The maximum Gasteiger partial charge on any atom is 1.00 e. The van der Waals surface area contributed by atoms with E-state index in [2.05, 4.69) is 68.2 Å². The molecule has 0 atom stereocenters. The Bertz CT molecular complexity index is 2110. The van der Waals surface area contributed by atoms with Crippen molar-refractivity contribution in [2.45, 2.75) is 130 Å². The zero-order chi connectivity index (χ0) is 46.8. The predicted octanol–water partition coefficient (Wildman–Crippen LogP) is 7.29. The van der Waals surface area contributed by atoms with E-state index >= 15 is 0 Å². The number of carbonyl (C=O) groups is 2. The van der Waals surface area contributed by atoms with Gasteiger partial charge in [0.25, 0.3) is 0 Å². The van der Waals surface area contributed by atoms with Gasteiger partial charge in [-0.15, -0.1) is 0 Å². The zero-order valence-electron chi connectivity index (χ0n) is 40.8. The number of benzene rings is 4.